The number of hydrogen-bond donors (Lipinski definition) is 1. The first-order valence-electron chi connectivity index (χ1n) is 5.29. The summed E-state index contributed by atoms with van der Waals surface area (Å²) in [6.07, 6.45) is 6.01. The first-order valence-corrected chi connectivity index (χ1v) is 6.17. The second-order valence-corrected chi connectivity index (χ2v) is 5.75. The molecule has 1 aliphatic carbocycles. The molecule has 3 heteroatoms. The Kier molecular flexibility index (Phi) is 2.88. The molecule has 2 nitrogen and oxygen atoms in total. The van der Waals surface area contributed by atoms with E-state index in [1.165, 1.54) is 24.1 Å². The van der Waals surface area contributed by atoms with E-state index >= 15 is 0 Å². The lowest BCUT2D eigenvalue weighted by Crippen LogP contribution is -2.36. The number of nitrogens with zero attached hydrogens (tertiary/aromatic N) is 1. The zero-order valence-corrected chi connectivity index (χ0v) is 9.73. The summed E-state index contributed by atoms with van der Waals surface area (Å²) >= 11 is 1.73. The number of rotatable bonds is 3. The van der Waals surface area contributed by atoms with E-state index in [1.807, 2.05) is 11.7 Å². The van der Waals surface area contributed by atoms with E-state index in [2.05, 4.69) is 24.1 Å². The quantitative estimate of drug-likeness (QED) is 0.830. The van der Waals surface area contributed by atoms with Crippen molar-refractivity contribution in [1.82, 2.24) is 10.3 Å². The van der Waals surface area contributed by atoms with Crippen molar-refractivity contribution in [3.8, 4) is 0 Å². The van der Waals surface area contributed by atoms with Gasteiger partial charge in [-0.05, 0) is 18.3 Å². The molecule has 0 saturated heterocycles. The van der Waals surface area contributed by atoms with Crippen LogP contribution in [0.5, 0.6) is 0 Å². The standard InChI is InChI=1S/C11H18N2S/c1-11(2)5-3-4-10(11)13-7-9-6-12-8-14-9/h6,8,10,13H,3-5,7H2,1-2H3. The predicted octanol–water partition coefficient (Wildman–Crippen LogP) is 2.81. The van der Waals surface area contributed by atoms with Gasteiger partial charge in [0.1, 0.15) is 0 Å². The zero-order chi connectivity index (χ0) is 10.0. The molecule has 1 aromatic rings. The molecular formula is C11H18N2S. The van der Waals surface area contributed by atoms with Crippen molar-refractivity contribution in [2.24, 2.45) is 5.41 Å². The van der Waals surface area contributed by atoms with Gasteiger partial charge in [-0.2, -0.15) is 0 Å². The maximum Gasteiger partial charge on any atom is 0.0794 e. The lowest BCUT2D eigenvalue weighted by atomic mass is 9.87. The summed E-state index contributed by atoms with van der Waals surface area (Å²) in [5, 5.41) is 3.64. The van der Waals surface area contributed by atoms with Gasteiger partial charge in [-0.1, -0.05) is 20.3 Å². The molecule has 0 radical (unpaired) electrons. The molecule has 0 aromatic carbocycles. The third-order valence-corrected chi connectivity index (χ3v) is 4.04. The van der Waals surface area contributed by atoms with Crippen LogP contribution in [0, 0.1) is 5.41 Å². The van der Waals surface area contributed by atoms with Gasteiger partial charge in [0.05, 0.1) is 5.51 Å². The fourth-order valence-electron chi connectivity index (χ4n) is 2.26. The van der Waals surface area contributed by atoms with Crippen molar-refractivity contribution in [3.63, 3.8) is 0 Å². The van der Waals surface area contributed by atoms with Crippen molar-refractivity contribution in [2.45, 2.75) is 45.7 Å². The van der Waals surface area contributed by atoms with Gasteiger partial charge < -0.3 is 5.32 Å². The molecule has 0 aliphatic heterocycles. The van der Waals surface area contributed by atoms with Gasteiger partial charge in [0.15, 0.2) is 0 Å². The molecule has 0 spiro atoms. The van der Waals surface area contributed by atoms with Gasteiger partial charge in [0.25, 0.3) is 0 Å². The van der Waals surface area contributed by atoms with Crippen molar-refractivity contribution >= 4 is 11.3 Å². The fourth-order valence-corrected chi connectivity index (χ4v) is 2.80. The first-order chi connectivity index (χ1) is 6.68. The van der Waals surface area contributed by atoms with Gasteiger partial charge >= 0.3 is 0 Å². The molecular weight excluding hydrogens is 192 g/mol. The Morgan fingerprint density at radius 1 is 1.64 bits per heavy atom. The fraction of sp³-hybridized carbons (Fsp3) is 0.727. The summed E-state index contributed by atoms with van der Waals surface area (Å²) in [6.45, 7) is 5.72. The lowest BCUT2D eigenvalue weighted by Gasteiger charge is -2.27. The highest BCUT2D eigenvalue weighted by Gasteiger charge is 2.33. The van der Waals surface area contributed by atoms with Crippen LogP contribution in [0.15, 0.2) is 11.7 Å². The van der Waals surface area contributed by atoms with Crippen LogP contribution in [0.3, 0.4) is 0 Å². The molecule has 14 heavy (non-hydrogen) atoms. The van der Waals surface area contributed by atoms with Crippen LogP contribution in [-0.4, -0.2) is 11.0 Å². The topological polar surface area (TPSA) is 24.9 Å². The van der Waals surface area contributed by atoms with E-state index in [-0.39, 0.29) is 0 Å². The van der Waals surface area contributed by atoms with Crippen LogP contribution >= 0.6 is 11.3 Å². The summed E-state index contributed by atoms with van der Waals surface area (Å²) in [5.74, 6) is 0. The summed E-state index contributed by atoms with van der Waals surface area (Å²) in [6, 6.07) is 0.685. The van der Waals surface area contributed by atoms with E-state index < -0.39 is 0 Å². The summed E-state index contributed by atoms with van der Waals surface area (Å²) in [7, 11) is 0. The smallest absolute Gasteiger partial charge is 0.0794 e. The highest BCUT2D eigenvalue weighted by atomic mass is 32.1. The number of thiazole rings is 1. The van der Waals surface area contributed by atoms with Crippen LogP contribution in [0.1, 0.15) is 38.0 Å². The van der Waals surface area contributed by atoms with Crippen LogP contribution in [-0.2, 0) is 6.54 Å². The number of aromatic nitrogens is 1. The zero-order valence-electron chi connectivity index (χ0n) is 8.92. The average molecular weight is 210 g/mol. The molecule has 1 aliphatic rings. The number of hydrogen-bond acceptors (Lipinski definition) is 3. The van der Waals surface area contributed by atoms with Gasteiger partial charge in [-0.3, -0.25) is 4.98 Å². The Bertz CT molecular complexity index is 279. The molecule has 1 heterocycles. The second-order valence-electron chi connectivity index (χ2n) is 4.78. The van der Waals surface area contributed by atoms with Crippen LogP contribution in [0.4, 0.5) is 0 Å². The minimum absolute atomic E-state index is 0.477. The van der Waals surface area contributed by atoms with Gasteiger partial charge in [0, 0.05) is 23.7 Å². The maximum atomic E-state index is 4.08. The highest BCUT2D eigenvalue weighted by Crippen LogP contribution is 2.37. The number of nitrogens with one attached hydrogen (secondary N) is 1. The second kappa shape index (κ2) is 3.99. The van der Waals surface area contributed by atoms with E-state index in [1.54, 1.807) is 11.3 Å². The van der Waals surface area contributed by atoms with E-state index in [4.69, 9.17) is 0 Å². The van der Waals surface area contributed by atoms with Crippen molar-refractivity contribution in [2.75, 3.05) is 0 Å². The minimum Gasteiger partial charge on any atom is -0.309 e. The maximum absolute atomic E-state index is 4.08. The summed E-state index contributed by atoms with van der Waals surface area (Å²) in [4.78, 5) is 5.42. The van der Waals surface area contributed by atoms with Crippen molar-refractivity contribution in [3.05, 3.63) is 16.6 Å². The van der Waals surface area contributed by atoms with Crippen LogP contribution < -0.4 is 5.32 Å². The monoisotopic (exact) mass is 210 g/mol. The molecule has 1 N–H and O–H groups in total. The normalized spacial score (nSPS) is 25.4. The van der Waals surface area contributed by atoms with Gasteiger partial charge in [0.2, 0.25) is 0 Å². The molecule has 1 saturated carbocycles. The minimum atomic E-state index is 0.477. The average Bonchev–Trinajstić information content (AvgIpc) is 2.71. The molecule has 2 rings (SSSR count). The van der Waals surface area contributed by atoms with Crippen LogP contribution in [0.25, 0.3) is 0 Å². The Hall–Kier alpha value is -0.410. The molecule has 78 valence electrons. The molecule has 1 unspecified atom stereocenters. The molecule has 1 aromatic heterocycles. The van der Waals surface area contributed by atoms with Gasteiger partial charge in [-0.15, -0.1) is 11.3 Å². The highest BCUT2D eigenvalue weighted by molar-refractivity contribution is 7.09. The lowest BCUT2D eigenvalue weighted by molar-refractivity contribution is 0.283. The van der Waals surface area contributed by atoms with E-state index in [0.717, 1.165) is 6.54 Å². The SMILES string of the molecule is CC1(C)CCCC1NCc1cncs1. The molecule has 0 bridgehead atoms. The Morgan fingerprint density at radius 3 is 3.07 bits per heavy atom. The third kappa shape index (κ3) is 2.15. The molecule has 1 atom stereocenters. The Balaban J connectivity index is 1.86. The summed E-state index contributed by atoms with van der Waals surface area (Å²) < 4.78 is 0. The third-order valence-electron chi connectivity index (χ3n) is 3.26. The molecule has 1 fully saturated rings. The predicted molar refractivity (Wildman–Crippen MR) is 60.4 cm³/mol. The molecule has 0 amide bonds. The first kappa shape index (κ1) is 10.1. The van der Waals surface area contributed by atoms with Gasteiger partial charge in [-0.25, -0.2) is 0 Å². The summed E-state index contributed by atoms with van der Waals surface area (Å²) in [5.41, 5.74) is 2.38. The Labute approximate surface area is 89.8 Å². The van der Waals surface area contributed by atoms with Crippen LogP contribution in [0.2, 0.25) is 0 Å². The van der Waals surface area contributed by atoms with Crippen molar-refractivity contribution < 1.29 is 0 Å². The van der Waals surface area contributed by atoms with E-state index in [9.17, 15) is 0 Å². The largest absolute Gasteiger partial charge is 0.309 e. The van der Waals surface area contributed by atoms with Crippen molar-refractivity contribution in [1.29, 1.82) is 0 Å². The Morgan fingerprint density at radius 2 is 2.50 bits per heavy atom. The van der Waals surface area contributed by atoms with E-state index in [0.29, 0.717) is 11.5 Å².